The minimum absolute atomic E-state index is 0.349. The van der Waals surface area contributed by atoms with E-state index in [0.29, 0.717) is 22.8 Å². The highest BCUT2D eigenvalue weighted by Gasteiger charge is 2.28. The van der Waals surface area contributed by atoms with E-state index in [-0.39, 0.29) is 5.97 Å². The molecule has 0 atom stereocenters. The van der Waals surface area contributed by atoms with E-state index in [1.807, 2.05) is 6.08 Å². The molecule has 31 heavy (non-hydrogen) atoms. The molecule has 0 aliphatic carbocycles. The number of hydrogen-bond acceptors (Lipinski definition) is 6. The summed E-state index contributed by atoms with van der Waals surface area (Å²) in [7, 11) is 7.24. The quantitative estimate of drug-likeness (QED) is 0.411. The highest BCUT2D eigenvalue weighted by atomic mass is 16.5. The normalized spacial score (nSPS) is 14.0. The molecule has 1 aliphatic rings. The SMILES string of the molecule is CCN(CCC/C=C1/OC(=O)c2cc(OC)c(OC)cc21)Cc1ccc(N(C)C)cc1. The number of methoxy groups -OCH3 is 2. The number of benzene rings is 2. The number of ether oxygens (including phenoxy) is 3. The summed E-state index contributed by atoms with van der Waals surface area (Å²) < 4.78 is 16.1. The van der Waals surface area contributed by atoms with Crippen molar-refractivity contribution < 1.29 is 19.0 Å². The summed E-state index contributed by atoms with van der Waals surface area (Å²) in [4.78, 5) is 16.8. The van der Waals surface area contributed by atoms with Crippen molar-refractivity contribution in [3.05, 3.63) is 59.2 Å². The zero-order valence-electron chi connectivity index (χ0n) is 19.1. The monoisotopic (exact) mass is 424 g/mol. The van der Waals surface area contributed by atoms with Crippen molar-refractivity contribution in [1.29, 1.82) is 0 Å². The molecule has 0 bridgehead atoms. The van der Waals surface area contributed by atoms with Crippen molar-refractivity contribution in [3.8, 4) is 11.5 Å². The second-order valence-electron chi connectivity index (χ2n) is 7.78. The average molecular weight is 425 g/mol. The number of rotatable bonds is 10. The van der Waals surface area contributed by atoms with Gasteiger partial charge in [0.2, 0.25) is 0 Å². The molecule has 2 aromatic rings. The van der Waals surface area contributed by atoms with E-state index >= 15 is 0 Å². The van der Waals surface area contributed by atoms with Crippen LogP contribution in [0.2, 0.25) is 0 Å². The zero-order chi connectivity index (χ0) is 22.4. The molecule has 0 amide bonds. The van der Waals surface area contributed by atoms with Crippen LogP contribution in [0.25, 0.3) is 5.76 Å². The fraction of sp³-hybridized carbons (Fsp3) is 0.400. The fourth-order valence-electron chi connectivity index (χ4n) is 3.67. The van der Waals surface area contributed by atoms with Crippen molar-refractivity contribution in [2.75, 3.05) is 46.3 Å². The van der Waals surface area contributed by atoms with Gasteiger partial charge in [0.25, 0.3) is 0 Å². The molecular formula is C25H32N2O4. The second kappa shape index (κ2) is 10.4. The molecule has 0 N–H and O–H groups in total. The Hall–Kier alpha value is -2.99. The lowest BCUT2D eigenvalue weighted by Gasteiger charge is -2.21. The molecule has 0 radical (unpaired) electrons. The van der Waals surface area contributed by atoms with Crippen LogP contribution in [0.3, 0.4) is 0 Å². The number of esters is 1. The molecule has 1 heterocycles. The highest BCUT2D eigenvalue weighted by Crippen LogP contribution is 2.38. The molecule has 0 saturated carbocycles. The van der Waals surface area contributed by atoms with E-state index in [2.05, 4.69) is 55.1 Å². The number of hydrogen-bond donors (Lipinski definition) is 0. The first-order valence-electron chi connectivity index (χ1n) is 10.6. The van der Waals surface area contributed by atoms with Crippen molar-refractivity contribution in [3.63, 3.8) is 0 Å². The maximum Gasteiger partial charge on any atom is 0.344 e. The van der Waals surface area contributed by atoms with E-state index in [1.54, 1.807) is 26.4 Å². The summed E-state index contributed by atoms with van der Waals surface area (Å²) in [5, 5.41) is 0. The van der Waals surface area contributed by atoms with Crippen molar-refractivity contribution in [1.82, 2.24) is 4.90 Å². The summed E-state index contributed by atoms with van der Waals surface area (Å²) >= 11 is 0. The molecule has 6 nitrogen and oxygen atoms in total. The first-order valence-corrected chi connectivity index (χ1v) is 10.6. The summed E-state index contributed by atoms with van der Waals surface area (Å²) in [6.45, 7) is 5.07. The standard InChI is InChI=1S/C25H32N2O4/c1-6-27(17-18-10-12-19(13-11-18)26(2)3)14-8-7-9-22-20-15-23(29-4)24(30-5)16-21(20)25(28)31-22/h9-13,15-16H,6-8,14,17H2,1-5H3/b22-9+. The number of carbonyl (C=O) groups is 1. The van der Waals surface area contributed by atoms with Crippen LogP contribution in [-0.2, 0) is 11.3 Å². The van der Waals surface area contributed by atoms with Gasteiger partial charge in [0.05, 0.1) is 19.8 Å². The van der Waals surface area contributed by atoms with E-state index < -0.39 is 0 Å². The van der Waals surface area contributed by atoms with Gasteiger partial charge in [-0.3, -0.25) is 4.90 Å². The molecule has 1 aliphatic heterocycles. The maximum atomic E-state index is 12.2. The molecule has 6 heteroatoms. The van der Waals surface area contributed by atoms with Crippen LogP contribution in [-0.4, -0.2) is 52.3 Å². The molecule has 0 saturated heterocycles. The number of nitrogens with zero attached hydrogens (tertiary/aromatic N) is 2. The highest BCUT2D eigenvalue weighted by molar-refractivity contribution is 6.03. The third kappa shape index (κ3) is 5.39. The van der Waals surface area contributed by atoms with Crippen LogP contribution in [0, 0.1) is 0 Å². The zero-order valence-corrected chi connectivity index (χ0v) is 19.1. The van der Waals surface area contributed by atoms with Crippen LogP contribution in [0.4, 0.5) is 5.69 Å². The Morgan fingerprint density at radius 1 is 1.00 bits per heavy atom. The summed E-state index contributed by atoms with van der Waals surface area (Å²) in [5.74, 6) is 1.36. The number of allylic oxidation sites excluding steroid dienone is 1. The van der Waals surface area contributed by atoms with Crippen molar-refractivity contribution >= 4 is 17.4 Å². The smallest absolute Gasteiger partial charge is 0.344 e. The molecular weight excluding hydrogens is 392 g/mol. The Morgan fingerprint density at radius 2 is 1.65 bits per heavy atom. The minimum atomic E-state index is -0.349. The van der Waals surface area contributed by atoms with Gasteiger partial charge in [0.15, 0.2) is 11.5 Å². The third-order valence-corrected chi connectivity index (χ3v) is 5.53. The first kappa shape index (κ1) is 22.7. The molecule has 0 unspecified atom stereocenters. The lowest BCUT2D eigenvalue weighted by atomic mass is 10.1. The van der Waals surface area contributed by atoms with E-state index in [4.69, 9.17) is 14.2 Å². The number of unbranched alkanes of at least 4 members (excludes halogenated alkanes) is 1. The molecule has 0 aromatic heterocycles. The number of anilines is 1. The number of cyclic esters (lactones) is 1. The predicted molar refractivity (Wildman–Crippen MR) is 124 cm³/mol. The molecule has 0 spiro atoms. The van der Waals surface area contributed by atoms with Gasteiger partial charge in [-0.2, -0.15) is 0 Å². The molecule has 3 rings (SSSR count). The van der Waals surface area contributed by atoms with Gasteiger partial charge in [-0.25, -0.2) is 4.79 Å². The number of fused-ring (bicyclic) bond motifs is 1. The number of carbonyl (C=O) groups excluding carboxylic acids is 1. The van der Waals surface area contributed by atoms with Gasteiger partial charge in [-0.05, 0) is 61.8 Å². The third-order valence-electron chi connectivity index (χ3n) is 5.53. The first-order chi connectivity index (χ1) is 15.0. The van der Waals surface area contributed by atoms with Crippen molar-refractivity contribution in [2.24, 2.45) is 0 Å². The minimum Gasteiger partial charge on any atom is -0.493 e. The molecule has 2 aromatic carbocycles. The Morgan fingerprint density at radius 3 is 2.23 bits per heavy atom. The molecule has 166 valence electrons. The predicted octanol–water partition coefficient (Wildman–Crippen LogP) is 4.58. The van der Waals surface area contributed by atoms with Crippen LogP contribution in [0.5, 0.6) is 11.5 Å². The van der Waals surface area contributed by atoms with Gasteiger partial charge in [0, 0.05) is 31.9 Å². The van der Waals surface area contributed by atoms with Crippen molar-refractivity contribution in [2.45, 2.75) is 26.3 Å². The summed E-state index contributed by atoms with van der Waals surface area (Å²) in [5.41, 5.74) is 3.79. The van der Waals surface area contributed by atoms with Gasteiger partial charge in [-0.15, -0.1) is 0 Å². The second-order valence-corrected chi connectivity index (χ2v) is 7.78. The van der Waals surface area contributed by atoms with E-state index in [1.165, 1.54) is 11.3 Å². The summed E-state index contributed by atoms with van der Waals surface area (Å²) in [6.07, 6.45) is 3.80. The van der Waals surface area contributed by atoms with Gasteiger partial charge < -0.3 is 19.1 Å². The van der Waals surface area contributed by atoms with E-state index in [0.717, 1.165) is 38.0 Å². The summed E-state index contributed by atoms with van der Waals surface area (Å²) in [6, 6.07) is 12.2. The Labute approximate surface area is 185 Å². The lowest BCUT2D eigenvalue weighted by molar-refractivity contribution is 0.0715. The average Bonchev–Trinajstić information content (AvgIpc) is 3.09. The lowest BCUT2D eigenvalue weighted by Crippen LogP contribution is -2.24. The Bertz CT molecular complexity index is 935. The van der Waals surface area contributed by atoms with Gasteiger partial charge >= 0.3 is 5.97 Å². The largest absolute Gasteiger partial charge is 0.493 e. The van der Waals surface area contributed by atoms with Crippen LogP contribution in [0.1, 0.15) is 41.3 Å². The van der Waals surface area contributed by atoms with Crippen LogP contribution < -0.4 is 14.4 Å². The van der Waals surface area contributed by atoms with Crippen LogP contribution in [0.15, 0.2) is 42.5 Å². The van der Waals surface area contributed by atoms with Gasteiger partial charge in [0.1, 0.15) is 5.76 Å². The topological polar surface area (TPSA) is 51.2 Å². The molecule has 0 fully saturated rings. The Kier molecular flexibility index (Phi) is 7.58. The van der Waals surface area contributed by atoms with Crippen LogP contribution >= 0.6 is 0 Å². The van der Waals surface area contributed by atoms with Gasteiger partial charge in [-0.1, -0.05) is 19.1 Å². The maximum absolute atomic E-state index is 12.2. The Balaban J connectivity index is 1.59. The van der Waals surface area contributed by atoms with E-state index in [9.17, 15) is 4.79 Å². The fourth-order valence-corrected chi connectivity index (χ4v) is 3.67.